The second-order valence-electron chi connectivity index (χ2n) is 3.93. The Kier molecular flexibility index (Phi) is 4.67. The smallest absolute Gasteiger partial charge is 0.337 e. The van der Waals surface area contributed by atoms with Gasteiger partial charge in [-0.05, 0) is 24.3 Å². The van der Waals surface area contributed by atoms with Crippen LogP contribution in [-0.2, 0) is 0 Å². The van der Waals surface area contributed by atoms with E-state index in [0.717, 1.165) is 0 Å². The first-order valence-corrected chi connectivity index (χ1v) is 6.67. The van der Waals surface area contributed by atoms with Crippen molar-refractivity contribution in [2.24, 2.45) is 0 Å². The second kappa shape index (κ2) is 6.30. The molecule has 0 spiro atoms. The Hall–Kier alpha value is -1.82. The van der Waals surface area contributed by atoms with Gasteiger partial charge in [0.05, 0.1) is 16.3 Å². The molecule has 0 aliphatic carbocycles. The van der Waals surface area contributed by atoms with Gasteiger partial charge >= 0.3 is 5.97 Å². The molecule has 2 N–H and O–H groups in total. The summed E-state index contributed by atoms with van der Waals surface area (Å²) in [5.41, 5.74) is -0.243. The van der Waals surface area contributed by atoms with Gasteiger partial charge in [0, 0.05) is 16.2 Å². The molecule has 0 saturated carbocycles. The number of halogens is 3. The molecular weight excluding hydrogens is 339 g/mol. The number of hydrogen-bond donors (Lipinski definition) is 2. The largest absolute Gasteiger partial charge is 0.478 e. The number of amides is 1. The zero-order valence-electron chi connectivity index (χ0n) is 10.2. The number of anilines is 1. The average molecular weight is 346 g/mol. The van der Waals surface area contributed by atoms with Gasteiger partial charge in [0.1, 0.15) is 5.69 Å². The minimum Gasteiger partial charge on any atom is -0.478 e. The van der Waals surface area contributed by atoms with Crippen LogP contribution in [0.2, 0.25) is 15.1 Å². The minimum atomic E-state index is -1.27. The van der Waals surface area contributed by atoms with Crippen molar-refractivity contribution in [3.05, 3.63) is 56.8 Å². The summed E-state index contributed by atoms with van der Waals surface area (Å²) in [4.78, 5) is 27.1. The fourth-order valence-corrected chi connectivity index (χ4v) is 2.28. The Morgan fingerprint density at radius 2 is 1.81 bits per heavy atom. The molecule has 8 heteroatoms. The van der Waals surface area contributed by atoms with Crippen molar-refractivity contribution in [1.82, 2.24) is 4.98 Å². The highest BCUT2D eigenvalue weighted by Crippen LogP contribution is 2.30. The molecule has 0 atom stereocenters. The van der Waals surface area contributed by atoms with E-state index in [1.807, 2.05) is 0 Å². The third kappa shape index (κ3) is 3.64. The number of carbonyl (C=O) groups is 2. The van der Waals surface area contributed by atoms with Crippen LogP contribution in [-0.4, -0.2) is 22.0 Å². The van der Waals surface area contributed by atoms with Gasteiger partial charge in [-0.1, -0.05) is 34.8 Å². The Labute approximate surface area is 134 Å². The molecule has 0 bridgehead atoms. The maximum Gasteiger partial charge on any atom is 0.337 e. The molecule has 0 fully saturated rings. The second-order valence-corrected chi connectivity index (χ2v) is 5.21. The first-order chi connectivity index (χ1) is 9.88. The van der Waals surface area contributed by atoms with Gasteiger partial charge in [0.15, 0.2) is 0 Å². The number of pyridine rings is 1. The van der Waals surface area contributed by atoms with E-state index >= 15 is 0 Å². The molecule has 21 heavy (non-hydrogen) atoms. The lowest BCUT2D eigenvalue weighted by atomic mass is 10.1. The third-order valence-electron chi connectivity index (χ3n) is 2.48. The van der Waals surface area contributed by atoms with Gasteiger partial charge < -0.3 is 10.4 Å². The number of aromatic carboxylic acids is 1. The monoisotopic (exact) mass is 344 g/mol. The summed E-state index contributed by atoms with van der Waals surface area (Å²) >= 11 is 17.5. The molecule has 1 aromatic heterocycles. The number of rotatable bonds is 3. The van der Waals surface area contributed by atoms with Gasteiger partial charge in [-0.15, -0.1) is 0 Å². The van der Waals surface area contributed by atoms with Gasteiger partial charge in [-0.2, -0.15) is 0 Å². The van der Waals surface area contributed by atoms with Crippen LogP contribution in [0, 0.1) is 0 Å². The van der Waals surface area contributed by atoms with Crippen LogP contribution in [0.4, 0.5) is 5.69 Å². The molecule has 108 valence electrons. The molecule has 1 heterocycles. The molecule has 5 nitrogen and oxygen atoms in total. The van der Waals surface area contributed by atoms with Crippen LogP contribution in [0.25, 0.3) is 0 Å². The molecule has 2 aromatic rings. The Morgan fingerprint density at radius 3 is 2.43 bits per heavy atom. The van der Waals surface area contributed by atoms with Crippen molar-refractivity contribution in [2.45, 2.75) is 0 Å². The highest BCUT2D eigenvalue weighted by molar-refractivity contribution is 6.38. The molecule has 0 unspecified atom stereocenters. The highest BCUT2D eigenvalue weighted by atomic mass is 35.5. The van der Waals surface area contributed by atoms with Crippen LogP contribution in [0.15, 0.2) is 30.5 Å². The highest BCUT2D eigenvalue weighted by Gasteiger charge is 2.18. The summed E-state index contributed by atoms with van der Waals surface area (Å²) in [5, 5.41) is 12.0. The molecule has 0 aliphatic rings. The predicted octanol–water partition coefficient (Wildman–Crippen LogP) is 3.99. The van der Waals surface area contributed by atoms with E-state index in [2.05, 4.69) is 10.3 Å². The third-order valence-corrected chi connectivity index (χ3v) is 3.23. The van der Waals surface area contributed by atoms with E-state index in [4.69, 9.17) is 39.9 Å². The van der Waals surface area contributed by atoms with Crippen molar-refractivity contribution in [3.8, 4) is 0 Å². The number of carboxylic acids is 1. The minimum absolute atomic E-state index is 0.00952. The number of nitrogens with one attached hydrogen (secondary N) is 1. The van der Waals surface area contributed by atoms with Crippen molar-refractivity contribution in [1.29, 1.82) is 0 Å². The zero-order valence-corrected chi connectivity index (χ0v) is 12.5. The molecular formula is C13H7Cl3N2O3. The molecule has 0 saturated heterocycles. The van der Waals surface area contributed by atoms with Gasteiger partial charge in [0.2, 0.25) is 0 Å². The SMILES string of the molecule is O=C(Nc1c(Cl)cc(Cl)cc1C(=O)O)c1cc(Cl)ccn1. The molecule has 0 radical (unpaired) electrons. The average Bonchev–Trinajstić information content (AvgIpc) is 2.41. The normalized spacial score (nSPS) is 10.2. The summed E-state index contributed by atoms with van der Waals surface area (Å²) in [6.07, 6.45) is 1.36. The Balaban J connectivity index is 2.39. The number of hydrogen-bond acceptors (Lipinski definition) is 3. The maximum absolute atomic E-state index is 12.1. The van der Waals surface area contributed by atoms with Crippen LogP contribution in [0.1, 0.15) is 20.8 Å². The first kappa shape index (κ1) is 15.6. The lowest BCUT2D eigenvalue weighted by Crippen LogP contribution is -2.16. The van der Waals surface area contributed by atoms with Crippen LogP contribution < -0.4 is 5.32 Å². The van der Waals surface area contributed by atoms with E-state index < -0.39 is 11.9 Å². The summed E-state index contributed by atoms with van der Waals surface area (Å²) < 4.78 is 0. The summed E-state index contributed by atoms with van der Waals surface area (Å²) in [7, 11) is 0. The number of carboxylic acid groups (broad SMARTS) is 1. The number of aromatic nitrogens is 1. The molecule has 1 amide bonds. The maximum atomic E-state index is 12.1. The summed E-state index contributed by atoms with van der Waals surface area (Å²) in [5.74, 6) is -1.90. The standard InChI is InChI=1S/C13H7Cl3N2O3/c14-6-1-2-17-10(5-6)12(19)18-11-8(13(20)21)3-7(15)4-9(11)16/h1-5H,(H,18,19)(H,20,21). The van der Waals surface area contributed by atoms with Gasteiger partial charge in [0.25, 0.3) is 5.91 Å². The van der Waals surface area contributed by atoms with E-state index in [9.17, 15) is 9.59 Å². The molecule has 0 aliphatic heterocycles. The van der Waals surface area contributed by atoms with E-state index in [1.165, 1.54) is 30.5 Å². The van der Waals surface area contributed by atoms with E-state index in [-0.39, 0.29) is 27.0 Å². The Morgan fingerprint density at radius 1 is 1.10 bits per heavy atom. The van der Waals surface area contributed by atoms with Crippen LogP contribution in [0.3, 0.4) is 0 Å². The lowest BCUT2D eigenvalue weighted by molar-refractivity contribution is 0.0698. The quantitative estimate of drug-likeness (QED) is 0.881. The topological polar surface area (TPSA) is 79.3 Å². The van der Waals surface area contributed by atoms with Crippen molar-refractivity contribution in [2.75, 3.05) is 5.32 Å². The number of benzene rings is 1. The number of carbonyl (C=O) groups excluding carboxylic acids is 1. The summed E-state index contributed by atoms with van der Waals surface area (Å²) in [6, 6.07) is 5.38. The lowest BCUT2D eigenvalue weighted by Gasteiger charge is -2.11. The zero-order chi connectivity index (χ0) is 15.6. The number of nitrogens with zero attached hydrogens (tertiary/aromatic N) is 1. The summed E-state index contributed by atoms with van der Waals surface area (Å²) in [6.45, 7) is 0. The fourth-order valence-electron chi connectivity index (χ4n) is 1.58. The molecule has 2 rings (SSSR count). The van der Waals surface area contributed by atoms with Crippen molar-refractivity contribution in [3.63, 3.8) is 0 Å². The van der Waals surface area contributed by atoms with E-state index in [0.29, 0.717) is 5.02 Å². The van der Waals surface area contributed by atoms with Crippen LogP contribution in [0.5, 0.6) is 0 Å². The van der Waals surface area contributed by atoms with E-state index in [1.54, 1.807) is 0 Å². The Bertz CT molecular complexity index is 735. The van der Waals surface area contributed by atoms with Crippen molar-refractivity contribution >= 4 is 52.4 Å². The fraction of sp³-hybridized carbons (Fsp3) is 0. The van der Waals surface area contributed by atoms with Gasteiger partial charge in [-0.25, -0.2) is 4.79 Å². The van der Waals surface area contributed by atoms with Gasteiger partial charge in [-0.3, -0.25) is 9.78 Å². The van der Waals surface area contributed by atoms with Crippen molar-refractivity contribution < 1.29 is 14.7 Å². The first-order valence-electron chi connectivity index (χ1n) is 5.53. The predicted molar refractivity (Wildman–Crippen MR) is 80.6 cm³/mol. The molecule has 1 aromatic carbocycles. The van der Waals surface area contributed by atoms with Crippen LogP contribution >= 0.6 is 34.8 Å².